The van der Waals surface area contributed by atoms with Crippen molar-refractivity contribution in [1.29, 1.82) is 0 Å². The van der Waals surface area contributed by atoms with Crippen LogP contribution in [0, 0.1) is 5.82 Å². The Morgan fingerprint density at radius 3 is 2.93 bits per heavy atom. The Bertz CT molecular complexity index is 341. The lowest BCUT2D eigenvalue weighted by Crippen LogP contribution is -2.23. The average molecular weight is 274 g/mol. The van der Waals surface area contributed by atoms with Gasteiger partial charge in [-0.3, -0.25) is 0 Å². The van der Waals surface area contributed by atoms with Crippen molar-refractivity contribution in [2.45, 2.75) is 25.3 Å². The van der Waals surface area contributed by atoms with Crippen LogP contribution in [0.5, 0.6) is 5.75 Å². The van der Waals surface area contributed by atoms with Gasteiger partial charge in [0.25, 0.3) is 0 Å². The molecule has 0 amide bonds. The van der Waals surface area contributed by atoms with E-state index in [0.717, 1.165) is 24.9 Å². The van der Waals surface area contributed by atoms with E-state index in [2.05, 4.69) is 21.2 Å². The van der Waals surface area contributed by atoms with Gasteiger partial charge < -0.3 is 10.4 Å². The molecular formula is C11H13BrFNO. The first-order chi connectivity index (χ1) is 7.16. The first-order valence-electron chi connectivity index (χ1n) is 5.07. The molecule has 1 atom stereocenters. The second kappa shape index (κ2) is 4.49. The van der Waals surface area contributed by atoms with Crippen molar-refractivity contribution < 1.29 is 9.50 Å². The maximum Gasteiger partial charge on any atom is 0.141 e. The molecule has 0 bridgehead atoms. The molecule has 1 unspecified atom stereocenters. The topological polar surface area (TPSA) is 32.3 Å². The van der Waals surface area contributed by atoms with Crippen LogP contribution in [0.25, 0.3) is 0 Å². The molecular weight excluding hydrogens is 261 g/mol. The van der Waals surface area contributed by atoms with Crippen LogP contribution in [0.15, 0.2) is 16.6 Å². The van der Waals surface area contributed by atoms with Gasteiger partial charge >= 0.3 is 0 Å². The van der Waals surface area contributed by atoms with Gasteiger partial charge in [-0.1, -0.05) is 0 Å². The summed E-state index contributed by atoms with van der Waals surface area (Å²) in [5.41, 5.74) is 0.840. The quantitative estimate of drug-likeness (QED) is 0.868. The lowest BCUT2D eigenvalue weighted by molar-refractivity contribution is 0.462. The van der Waals surface area contributed by atoms with Gasteiger partial charge in [-0.25, -0.2) is 4.39 Å². The fourth-order valence-electron chi connectivity index (χ4n) is 1.96. The van der Waals surface area contributed by atoms with Crippen LogP contribution in [0.3, 0.4) is 0 Å². The SMILES string of the molecule is Oc1cc(CC2CCCN2)cc(F)c1Br. The fourth-order valence-corrected chi connectivity index (χ4v) is 2.19. The van der Waals surface area contributed by atoms with Crippen LogP contribution >= 0.6 is 15.9 Å². The van der Waals surface area contributed by atoms with Crippen LogP contribution < -0.4 is 5.32 Å². The zero-order valence-electron chi connectivity index (χ0n) is 8.26. The van der Waals surface area contributed by atoms with Crippen LogP contribution in [0.1, 0.15) is 18.4 Å². The number of benzene rings is 1. The Hall–Kier alpha value is -0.610. The van der Waals surface area contributed by atoms with Crippen LogP contribution in [-0.2, 0) is 6.42 Å². The highest BCUT2D eigenvalue weighted by Gasteiger charge is 2.16. The van der Waals surface area contributed by atoms with Gasteiger partial charge in [0.15, 0.2) is 0 Å². The van der Waals surface area contributed by atoms with E-state index in [1.807, 2.05) is 0 Å². The van der Waals surface area contributed by atoms with Gasteiger partial charge in [-0.2, -0.15) is 0 Å². The number of phenols is 1. The molecule has 1 aromatic rings. The van der Waals surface area contributed by atoms with Gasteiger partial charge in [0.1, 0.15) is 11.6 Å². The highest BCUT2D eigenvalue weighted by molar-refractivity contribution is 9.10. The van der Waals surface area contributed by atoms with Crippen LogP contribution in [0.4, 0.5) is 4.39 Å². The molecule has 0 spiro atoms. The maximum absolute atomic E-state index is 13.3. The molecule has 4 heteroatoms. The summed E-state index contributed by atoms with van der Waals surface area (Å²) in [6.07, 6.45) is 3.08. The van der Waals surface area contributed by atoms with Gasteiger partial charge in [0, 0.05) is 6.04 Å². The zero-order chi connectivity index (χ0) is 10.8. The lowest BCUT2D eigenvalue weighted by Gasteiger charge is -2.11. The number of nitrogens with one attached hydrogen (secondary N) is 1. The van der Waals surface area contributed by atoms with E-state index in [-0.39, 0.29) is 10.2 Å². The molecule has 1 aliphatic heterocycles. The van der Waals surface area contributed by atoms with Gasteiger partial charge in [-0.05, 0) is 59.4 Å². The third kappa shape index (κ3) is 2.49. The Balaban J connectivity index is 2.14. The molecule has 1 saturated heterocycles. The molecule has 0 aromatic heterocycles. The summed E-state index contributed by atoms with van der Waals surface area (Å²) in [6, 6.07) is 3.52. The summed E-state index contributed by atoms with van der Waals surface area (Å²) in [5.74, 6) is -0.425. The van der Waals surface area contributed by atoms with Crippen molar-refractivity contribution in [3.63, 3.8) is 0 Å². The number of phenolic OH excluding ortho intramolecular Hbond substituents is 1. The Morgan fingerprint density at radius 2 is 2.33 bits per heavy atom. The highest BCUT2D eigenvalue weighted by atomic mass is 79.9. The van der Waals surface area contributed by atoms with Gasteiger partial charge in [-0.15, -0.1) is 0 Å². The molecule has 2 N–H and O–H groups in total. The molecule has 1 heterocycles. The zero-order valence-corrected chi connectivity index (χ0v) is 9.85. The van der Waals surface area contributed by atoms with E-state index < -0.39 is 5.82 Å². The minimum atomic E-state index is -0.400. The summed E-state index contributed by atoms with van der Waals surface area (Å²) in [4.78, 5) is 0. The minimum Gasteiger partial charge on any atom is -0.507 e. The van der Waals surface area contributed by atoms with E-state index in [1.165, 1.54) is 12.5 Å². The standard InChI is InChI=1S/C11H13BrFNO/c12-11-9(13)5-7(6-10(11)15)4-8-2-1-3-14-8/h5-6,8,14-15H,1-4H2. The predicted octanol–water partition coefficient (Wildman–Crippen LogP) is 2.59. The molecule has 0 aliphatic carbocycles. The van der Waals surface area contributed by atoms with Gasteiger partial charge in [0.05, 0.1) is 4.47 Å². The largest absolute Gasteiger partial charge is 0.507 e. The lowest BCUT2D eigenvalue weighted by atomic mass is 10.0. The van der Waals surface area contributed by atoms with Gasteiger partial charge in [0.2, 0.25) is 0 Å². The molecule has 15 heavy (non-hydrogen) atoms. The van der Waals surface area contributed by atoms with E-state index in [1.54, 1.807) is 6.07 Å². The Morgan fingerprint density at radius 1 is 1.53 bits per heavy atom. The Labute approximate surface area is 96.6 Å². The third-order valence-electron chi connectivity index (χ3n) is 2.71. The molecule has 1 aliphatic rings. The number of halogens is 2. The van der Waals surface area contributed by atoms with Crippen molar-refractivity contribution in [2.24, 2.45) is 0 Å². The van der Waals surface area contributed by atoms with E-state index in [0.29, 0.717) is 6.04 Å². The molecule has 2 nitrogen and oxygen atoms in total. The molecule has 82 valence electrons. The first kappa shape index (κ1) is 10.9. The molecule has 2 rings (SSSR count). The summed E-state index contributed by atoms with van der Waals surface area (Å²) < 4.78 is 13.4. The first-order valence-corrected chi connectivity index (χ1v) is 5.86. The highest BCUT2D eigenvalue weighted by Crippen LogP contribution is 2.28. The average Bonchev–Trinajstić information content (AvgIpc) is 2.66. The third-order valence-corrected chi connectivity index (χ3v) is 3.50. The number of rotatable bonds is 2. The van der Waals surface area contributed by atoms with Crippen LogP contribution in [-0.4, -0.2) is 17.7 Å². The monoisotopic (exact) mass is 273 g/mol. The second-order valence-electron chi connectivity index (χ2n) is 3.91. The summed E-state index contributed by atoms with van der Waals surface area (Å²) in [6.45, 7) is 1.04. The maximum atomic E-state index is 13.3. The normalized spacial score (nSPS) is 20.8. The fraction of sp³-hybridized carbons (Fsp3) is 0.455. The number of hydrogen-bond donors (Lipinski definition) is 2. The summed E-state index contributed by atoms with van der Waals surface area (Å²) in [5, 5.41) is 12.8. The summed E-state index contributed by atoms with van der Waals surface area (Å²) >= 11 is 2.99. The van der Waals surface area contributed by atoms with Crippen molar-refractivity contribution in [3.05, 3.63) is 28.0 Å². The minimum absolute atomic E-state index is 0.0250. The number of hydrogen-bond acceptors (Lipinski definition) is 2. The smallest absolute Gasteiger partial charge is 0.141 e. The molecule has 1 aromatic carbocycles. The second-order valence-corrected chi connectivity index (χ2v) is 4.70. The van der Waals surface area contributed by atoms with Crippen molar-refractivity contribution >= 4 is 15.9 Å². The van der Waals surface area contributed by atoms with Crippen molar-refractivity contribution in [2.75, 3.05) is 6.54 Å². The molecule has 0 saturated carbocycles. The van der Waals surface area contributed by atoms with E-state index >= 15 is 0 Å². The predicted molar refractivity (Wildman–Crippen MR) is 60.5 cm³/mol. The Kier molecular flexibility index (Phi) is 3.26. The molecule has 1 fully saturated rings. The molecule has 0 radical (unpaired) electrons. The van der Waals surface area contributed by atoms with Crippen molar-refractivity contribution in [1.82, 2.24) is 5.32 Å². The summed E-state index contributed by atoms with van der Waals surface area (Å²) in [7, 11) is 0. The van der Waals surface area contributed by atoms with Crippen molar-refractivity contribution in [3.8, 4) is 5.75 Å². The van der Waals surface area contributed by atoms with E-state index in [9.17, 15) is 9.50 Å². The van der Waals surface area contributed by atoms with E-state index in [4.69, 9.17) is 0 Å². The number of aromatic hydroxyl groups is 1. The van der Waals surface area contributed by atoms with Crippen LogP contribution in [0.2, 0.25) is 0 Å².